The molecule has 1 heterocycles. The summed E-state index contributed by atoms with van der Waals surface area (Å²) in [5.41, 5.74) is 5.04. The zero-order chi connectivity index (χ0) is 18.9. The van der Waals surface area contributed by atoms with Crippen molar-refractivity contribution in [2.24, 2.45) is 0 Å². The number of hydrogen-bond acceptors (Lipinski definition) is 2. The summed E-state index contributed by atoms with van der Waals surface area (Å²) in [4.78, 5) is 3.31. The molecule has 0 radical (unpaired) electrons. The molecular weight excluding hydrogens is 344 g/mol. The van der Waals surface area contributed by atoms with E-state index in [4.69, 9.17) is 0 Å². The normalized spacial score (nSPS) is 12.5. The van der Waals surface area contributed by atoms with E-state index < -0.39 is 10.0 Å². The highest BCUT2D eigenvalue weighted by atomic mass is 32.2. The molecule has 26 heavy (non-hydrogen) atoms. The molecule has 0 saturated carbocycles. The number of H-pyrrole nitrogens is 1. The van der Waals surface area contributed by atoms with E-state index in [0.29, 0.717) is 5.69 Å². The van der Waals surface area contributed by atoms with E-state index in [9.17, 15) is 8.42 Å². The average molecular weight is 371 g/mol. The van der Waals surface area contributed by atoms with Gasteiger partial charge in [0.25, 0.3) is 0 Å². The molecule has 0 aliphatic carbocycles. The number of para-hydroxylation sites is 1. The molecule has 0 aliphatic rings. The van der Waals surface area contributed by atoms with Gasteiger partial charge < -0.3 is 4.98 Å². The molecule has 3 aromatic rings. The first kappa shape index (κ1) is 18.5. The van der Waals surface area contributed by atoms with Gasteiger partial charge in [-0.3, -0.25) is 4.72 Å². The van der Waals surface area contributed by atoms with Crippen molar-refractivity contribution in [2.75, 3.05) is 11.0 Å². The third kappa shape index (κ3) is 3.23. The van der Waals surface area contributed by atoms with E-state index in [-0.39, 0.29) is 5.41 Å². The lowest BCUT2D eigenvalue weighted by atomic mass is 9.70. The maximum Gasteiger partial charge on any atom is 0.229 e. The first-order valence-electron chi connectivity index (χ1n) is 8.96. The molecule has 0 saturated heterocycles. The molecular formula is C21H26N2O2S. The van der Waals surface area contributed by atoms with Crippen molar-refractivity contribution < 1.29 is 8.42 Å². The van der Waals surface area contributed by atoms with Crippen LogP contribution in [0.5, 0.6) is 0 Å². The molecule has 0 unspecified atom stereocenters. The Bertz CT molecular complexity index is 1030. The maximum atomic E-state index is 11.7. The minimum atomic E-state index is -3.33. The summed E-state index contributed by atoms with van der Waals surface area (Å²) in [6.45, 7) is 6.54. The van der Waals surface area contributed by atoms with Gasteiger partial charge in [0, 0.05) is 17.0 Å². The predicted molar refractivity (Wildman–Crippen MR) is 109 cm³/mol. The molecule has 0 aliphatic heterocycles. The average Bonchev–Trinajstić information content (AvgIpc) is 3.01. The Hall–Kier alpha value is -2.27. The van der Waals surface area contributed by atoms with Crippen LogP contribution in [0.4, 0.5) is 5.69 Å². The maximum absolute atomic E-state index is 11.7. The lowest BCUT2D eigenvalue weighted by Crippen LogP contribution is -2.25. The van der Waals surface area contributed by atoms with Crippen molar-refractivity contribution >= 4 is 26.6 Å². The van der Waals surface area contributed by atoms with Crippen LogP contribution in [-0.4, -0.2) is 19.7 Å². The molecule has 0 amide bonds. The molecule has 2 N–H and O–H groups in total. The first-order valence-corrected chi connectivity index (χ1v) is 10.9. The summed E-state index contributed by atoms with van der Waals surface area (Å²) < 4.78 is 26.0. The Morgan fingerprint density at radius 3 is 2.38 bits per heavy atom. The molecule has 138 valence electrons. The summed E-state index contributed by atoms with van der Waals surface area (Å²) in [5.74, 6) is 0. The number of fused-ring (bicyclic) bond motifs is 1. The van der Waals surface area contributed by atoms with Gasteiger partial charge in [0.15, 0.2) is 0 Å². The largest absolute Gasteiger partial charge is 0.359 e. The second kappa shape index (κ2) is 6.80. The van der Waals surface area contributed by atoms with Crippen molar-refractivity contribution in [3.63, 3.8) is 0 Å². The fourth-order valence-corrected chi connectivity index (χ4v) is 4.54. The quantitative estimate of drug-likeness (QED) is 0.644. The highest BCUT2D eigenvalue weighted by Gasteiger charge is 2.33. The summed E-state index contributed by atoms with van der Waals surface area (Å²) >= 11 is 0. The molecule has 0 bridgehead atoms. The fourth-order valence-electron chi connectivity index (χ4n) is 3.97. The summed E-state index contributed by atoms with van der Waals surface area (Å²) in [6, 6.07) is 14.4. The Kier molecular flexibility index (Phi) is 4.84. The van der Waals surface area contributed by atoms with Crippen LogP contribution in [0.2, 0.25) is 0 Å². The van der Waals surface area contributed by atoms with Crippen LogP contribution in [0.1, 0.15) is 43.4 Å². The minimum absolute atomic E-state index is 0.117. The molecule has 5 heteroatoms. The number of hydrogen-bond donors (Lipinski definition) is 2. The highest BCUT2D eigenvalue weighted by Crippen LogP contribution is 2.43. The van der Waals surface area contributed by atoms with E-state index in [1.807, 2.05) is 12.3 Å². The van der Waals surface area contributed by atoms with Gasteiger partial charge in [0.1, 0.15) is 0 Å². The standard InChI is InChI=1S/C21H26N2O2S/c1-5-21(6-2,16-10-7-9-15(3)13-16)18-14-22-20-17(18)11-8-12-19(20)23-26(4,24)25/h7-14,22-23H,5-6H2,1-4H3. The Labute approximate surface area is 155 Å². The smallest absolute Gasteiger partial charge is 0.229 e. The van der Waals surface area contributed by atoms with Crippen molar-refractivity contribution in [3.05, 3.63) is 65.4 Å². The van der Waals surface area contributed by atoms with Crippen LogP contribution < -0.4 is 4.72 Å². The van der Waals surface area contributed by atoms with Gasteiger partial charge in [0.2, 0.25) is 10.0 Å². The van der Waals surface area contributed by atoms with Crippen LogP contribution in [0, 0.1) is 6.92 Å². The van der Waals surface area contributed by atoms with E-state index >= 15 is 0 Å². The number of benzene rings is 2. The third-order valence-corrected chi connectivity index (χ3v) is 5.89. The first-order chi connectivity index (χ1) is 12.3. The SMILES string of the molecule is CCC(CC)(c1cccc(C)c1)c1c[nH]c2c(NS(C)(=O)=O)cccc12. The van der Waals surface area contributed by atoms with Crippen LogP contribution in [-0.2, 0) is 15.4 Å². The van der Waals surface area contributed by atoms with Crippen LogP contribution >= 0.6 is 0 Å². The summed E-state index contributed by atoms with van der Waals surface area (Å²) in [6.07, 6.45) is 5.13. The molecule has 0 atom stereocenters. The van der Waals surface area contributed by atoms with Crippen LogP contribution in [0.3, 0.4) is 0 Å². The molecule has 3 rings (SSSR count). The van der Waals surface area contributed by atoms with Gasteiger partial charge in [-0.05, 0) is 37.0 Å². The Balaban J connectivity index is 2.24. The second-order valence-electron chi connectivity index (χ2n) is 6.96. The minimum Gasteiger partial charge on any atom is -0.359 e. The van der Waals surface area contributed by atoms with Crippen molar-refractivity contribution in [3.8, 4) is 0 Å². The zero-order valence-electron chi connectivity index (χ0n) is 15.8. The highest BCUT2D eigenvalue weighted by molar-refractivity contribution is 7.92. The van der Waals surface area contributed by atoms with Gasteiger partial charge in [-0.15, -0.1) is 0 Å². The summed E-state index contributed by atoms with van der Waals surface area (Å²) in [5, 5.41) is 1.06. The van der Waals surface area contributed by atoms with Crippen molar-refractivity contribution in [1.82, 2.24) is 4.98 Å². The molecule has 0 spiro atoms. The monoisotopic (exact) mass is 370 g/mol. The number of rotatable bonds is 6. The molecule has 2 aromatic carbocycles. The number of nitrogens with one attached hydrogen (secondary N) is 2. The molecule has 0 fully saturated rings. The lowest BCUT2D eigenvalue weighted by molar-refractivity contribution is 0.482. The van der Waals surface area contributed by atoms with Gasteiger partial charge in [-0.25, -0.2) is 8.42 Å². The number of aryl methyl sites for hydroxylation is 1. The Morgan fingerprint density at radius 2 is 1.77 bits per heavy atom. The van der Waals surface area contributed by atoms with E-state index in [2.05, 4.69) is 60.8 Å². The van der Waals surface area contributed by atoms with Crippen LogP contribution in [0.25, 0.3) is 10.9 Å². The van der Waals surface area contributed by atoms with E-state index in [0.717, 1.165) is 23.7 Å². The number of aromatic nitrogens is 1. The van der Waals surface area contributed by atoms with Gasteiger partial charge >= 0.3 is 0 Å². The zero-order valence-corrected chi connectivity index (χ0v) is 16.6. The number of anilines is 1. The number of sulfonamides is 1. The van der Waals surface area contributed by atoms with E-state index in [1.54, 1.807) is 6.07 Å². The summed E-state index contributed by atoms with van der Waals surface area (Å²) in [7, 11) is -3.33. The number of aromatic amines is 1. The third-order valence-electron chi connectivity index (χ3n) is 5.30. The predicted octanol–water partition coefficient (Wildman–Crippen LogP) is 4.95. The van der Waals surface area contributed by atoms with Crippen molar-refractivity contribution in [2.45, 2.75) is 39.0 Å². The van der Waals surface area contributed by atoms with Crippen LogP contribution in [0.15, 0.2) is 48.7 Å². The van der Waals surface area contributed by atoms with E-state index in [1.165, 1.54) is 22.9 Å². The second-order valence-corrected chi connectivity index (χ2v) is 8.71. The fraction of sp³-hybridized carbons (Fsp3) is 0.333. The van der Waals surface area contributed by atoms with Gasteiger partial charge in [-0.1, -0.05) is 55.8 Å². The van der Waals surface area contributed by atoms with Crippen molar-refractivity contribution in [1.29, 1.82) is 0 Å². The molecule has 1 aromatic heterocycles. The van der Waals surface area contributed by atoms with Gasteiger partial charge in [0.05, 0.1) is 17.5 Å². The Morgan fingerprint density at radius 1 is 1.08 bits per heavy atom. The topological polar surface area (TPSA) is 62.0 Å². The molecule has 4 nitrogen and oxygen atoms in total. The van der Waals surface area contributed by atoms with Gasteiger partial charge in [-0.2, -0.15) is 0 Å². The lowest BCUT2D eigenvalue weighted by Gasteiger charge is -2.33.